The van der Waals surface area contributed by atoms with Gasteiger partial charge in [-0.25, -0.2) is 13.6 Å². The van der Waals surface area contributed by atoms with Crippen LogP contribution in [0.25, 0.3) is 22.2 Å². The summed E-state index contributed by atoms with van der Waals surface area (Å²) in [4.78, 5) is 16.5. The molecule has 5 nitrogen and oxygen atoms in total. The van der Waals surface area contributed by atoms with Gasteiger partial charge < -0.3 is 19.5 Å². The maximum Gasteiger partial charge on any atom is 0.335 e. The van der Waals surface area contributed by atoms with Gasteiger partial charge in [-0.15, -0.1) is 0 Å². The Kier molecular flexibility index (Phi) is 6.65. The number of carbonyl (C=O) groups is 1. The van der Waals surface area contributed by atoms with E-state index in [1.54, 1.807) is 12.1 Å². The minimum Gasteiger partial charge on any atom is -0.478 e. The molecule has 0 unspecified atom stereocenters. The Hall–Kier alpha value is -2.93. The molecule has 37 heavy (non-hydrogen) atoms. The second kappa shape index (κ2) is 10.1. The number of rotatable bonds is 5. The number of fused-ring (bicyclic) bond motifs is 5. The number of aromatic nitrogens is 1. The van der Waals surface area contributed by atoms with Crippen LogP contribution in [0.1, 0.15) is 73.2 Å². The Balaban J connectivity index is 1.51. The minimum absolute atomic E-state index is 0.250. The lowest BCUT2D eigenvalue weighted by atomic mass is 9.81. The number of aromatic carboxylic acids is 1. The number of hydrogen-bond acceptors (Lipinski definition) is 3. The molecule has 3 aliphatic rings. The molecule has 1 aliphatic carbocycles. The summed E-state index contributed by atoms with van der Waals surface area (Å²) in [6, 6.07) is 8.11. The molecule has 3 aromatic rings. The Bertz CT molecular complexity index is 1320. The van der Waals surface area contributed by atoms with Gasteiger partial charge in [0.05, 0.1) is 11.3 Å². The number of likely N-dealkylation sites (tertiary alicyclic amines) is 1. The molecular weight excluding hydrogens is 472 g/mol. The van der Waals surface area contributed by atoms with Gasteiger partial charge in [-0.1, -0.05) is 31.7 Å². The normalized spacial score (nSPS) is 19.0. The summed E-state index contributed by atoms with van der Waals surface area (Å²) in [7, 11) is 0. The number of benzene rings is 2. The summed E-state index contributed by atoms with van der Waals surface area (Å²) in [6.45, 7) is 5.12. The number of carboxylic acids is 1. The van der Waals surface area contributed by atoms with Crippen LogP contribution < -0.4 is 4.90 Å². The molecule has 1 saturated heterocycles. The second-order valence-electron chi connectivity index (χ2n) is 11.0. The van der Waals surface area contributed by atoms with Crippen molar-refractivity contribution < 1.29 is 18.7 Å². The highest BCUT2D eigenvalue weighted by molar-refractivity contribution is 5.99. The van der Waals surface area contributed by atoms with Crippen LogP contribution in [-0.4, -0.2) is 53.3 Å². The molecule has 196 valence electrons. The molecule has 3 heterocycles. The summed E-state index contributed by atoms with van der Waals surface area (Å²) >= 11 is 0. The number of anilines is 1. The zero-order valence-corrected chi connectivity index (χ0v) is 21.3. The fourth-order valence-electron chi connectivity index (χ4n) is 6.84. The van der Waals surface area contributed by atoms with Crippen LogP contribution in [0.3, 0.4) is 0 Å². The molecule has 2 aliphatic heterocycles. The lowest BCUT2D eigenvalue weighted by Gasteiger charge is -2.31. The third kappa shape index (κ3) is 4.52. The first kappa shape index (κ1) is 24.4. The molecule has 0 spiro atoms. The molecule has 0 radical (unpaired) electrons. The van der Waals surface area contributed by atoms with E-state index in [0.29, 0.717) is 19.0 Å². The minimum atomic E-state index is -0.957. The Morgan fingerprint density at radius 3 is 2.35 bits per heavy atom. The van der Waals surface area contributed by atoms with Gasteiger partial charge in [0.2, 0.25) is 0 Å². The molecule has 2 aromatic carbocycles. The van der Waals surface area contributed by atoms with Crippen LogP contribution in [0.5, 0.6) is 0 Å². The quantitative estimate of drug-likeness (QED) is 0.421. The van der Waals surface area contributed by atoms with Crippen molar-refractivity contribution in [2.45, 2.75) is 63.8 Å². The fourth-order valence-corrected chi connectivity index (χ4v) is 6.84. The first-order valence-electron chi connectivity index (χ1n) is 13.9. The predicted molar refractivity (Wildman–Crippen MR) is 143 cm³/mol. The first-order valence-corrected chi connectivity index (χ1v) is 13.9. The van der Waals surface area contributed by atoms with Gasteiger partial charge in [-0.3, -0.25) is 0 Å². The average Bonchev–Trinajstić information content (AvgIpc) is 3.16. The summed E-state index contributed by atoms with van der Waals surface area (Å²) < 4.78 is 31.7. The predicted octanol–water partition coefficient (Wildman–Crippen LogP) is 6.64. The van der Waals surface area contributed by atoms with Crippen molar-refractivity contribution in [2.75, 3.05) is 37.6 Å². The summed E-state index contributed by atoms with van der Waals surface area (Å²) in [5.74, 6) is -2.29. The van der Waals surface area contributed by atoms with E-state index in [1.165, 1.54) is 43.4 Å². The van der Waals surface area contributed by atoms with E-state index in [2.05, 4.69) is 14.4 Å². The molecule has 7 heteroatoms. The number of halogens is 2. The van der Waals surface area contributed by atoms with Gasteiger partial charge in [0.25, 0.3) is 0 Å². The van der Waals surface area contributed by atoms with E-state index in [1.807, 2.05) is 6.07 Å². The highest BCUT2D eigenvalue weighted by Gasteiger charge is 2.32. The Labute approximate surface area is 216 Å². The standard InChI is InChI=1S/C30H35F2N3O2/c31-24-18-23-26(19-25(24)32)34(14-13-33-11-5-2-6-12-33)15-16-35-27-17-21(30(36)37)9-10-22(27)28(29(23)35)20-7-3-1-4-8-20/h9-10,17-20H,1-8,11-16H2,(H,36,37). The number of nitrogens with zero attached hydrogens (tertiary/aromatic N) is 3. The van der Waals surface area contributed by atoms with Gasteiger partial charge >= 0.3 is 5.97 Å². The van der Waals surface area contributed by atoms with E-state index in [0.717, 1.165) is 79.7 Å². The van der Waals surface area contributed by atoms with Gasteiger partial charge in [-0.05, 0) is 68.5 Å². The SMILES string of the molecule is O=C(O)c1ccc2c(C3CCCCC3)c3n(c2c1)CCN(CCN1CCCCC1)c1cc(F)c(F)cc1-3. The van der Waals surface area contributed by atoms with Crippen molar-refractivity contribution in [3.63, 3.8) is 0 Å². The van der Waals surface area contributed by atoms with E-state index in [9.17, 15) is 18.7 Å². The van der Waals surface area contributed by atoms with Crippen molar-refractivity contribution in [1.29, 1.82) is 0 Å². The molecule has 0 amide bonds. The highest BCUT2D eigenvalue weighted by Crippen LogP contribution is 2.47. The van der Waals surface area contributed by atoms with Crippen molar-refractivity contribution in [1.82, 2.24) is 9.47 Å². The molecule has 1 aromatic heterocycles. The van der Waals surface area contributed by atoms with Crippen LogP contribution >= 0.6 is 0 Å². The largest absolute Gasteiger partial charge is 0.478 e. The van der Waals surface area contributed by atoms with E-state index in [4.69, 9.17) is 0 Å². The van der Waals surface area contributed by atoms with E-state index >= 15 is 0 Å². The Morgan fingerprint density at radius 2 is 1.59 bits per heavy atom. The number of carboxylic acid groups (broad SMARTS) is 1. The smallest absolute Gasteiger partial charge is 0.335 e. The maximum absolute atomic E-state index is 14.8. The topological polar surface area (TPSA) is 48.7 Å². The zero-order chi connectivity index (χ0) is 25.5. The molecule has 2 fully saturated rings. The van der Waals surface area contributed by atoms with Crippen molar-refractivity contribution in [3.8, 4) is 11.3 Å². The maximum atomic E-state index is 14.8. The average molecular weight is 508 g/mol. The third-order valence-electron chi connectivity index (χ3n) is 8.73. The molecule has 1 N–H and O–H groups in total. The molecule has 1 saturated carbocycles. The second-order valence-corrected chi connectivity index (χ2v) is 11.0. The van der Waals surface area contributed by atoms with E-state index < -0.39 is 17.6 Å². The Morgan fingerprint density at radius 1 is 0.865 bits per heavy atom. The summed E-state index contributed by atoms with van der Waals surface area (Å²) in [6.07, 6.45) is 9.34. The van der Waals surface area contributed by atoms with Crippen molar-refractivity contribution in [2.24, 2.45) is 0 Å². The van der Waals surface area contributed by atoms with E-state index in [-0.39, 0.29) is 5.56 Å². The highest BCUT2D eigenvalue weighted by atomic mass is 19.2. The van der Waals surface area contributed by atoms with Crippen LogP contribution in [-0.2, 0) is 6.54 Å². The summed E-state index contributed by atoms with van der Waals surface area (Å²) in [5.41, 5.74) is 4.72. The van der Waals surface area contributed by atoms with Gasteiger partial charge in [0, 0.05) is 54.4 Å². The van der Waals surface area contributed by atoms with Crippen molar-refractivity contribution in [3.05, 3.63) is 53.1 Å². The number of hydrogen-bond donors (Lipinski definition) is 1. The van der Waals surface area contributed by atoms with Crippen molar-refractivity contribution >= 4 is 22.6 Å². The van der Waals surface area contributed by atoms with Gasteiger partial charge in [0.15, 0.2) is 11.6 Å². The number of piperidine rings is 1. The summed E-state index contributed by atoms with van der Waals surface area (Å²) in [5, 5.41) is 10.8. The van der Waals surface area contributed by atoms with Crippen LogP contribution in [0, 0.1) is 11.6 Å². The monoisotopic (exact) mass is 507 g/mol. The van der Waals surface area contributed by atoms with Gasteiger partial charge in [0.1, 0.15) is 0 Å². The van der Waals surface area contributed by atoms with Gasteiger partial charge in [-0.2, -0.15) is 0 Å². The van der Waals surface area contributed by atoms with Crippen LogP contribution in [0.2, 0.25) is 0 Å². The van der Waals surface area contributed by atoms with Crippen LogP contribution in [0.15, 0.2) is 30.3 Å². The molecule has 0 bridgehead atoms. The zero-order valence-electron chi connectivity index (χ0n) is 21.3. The van der Waals surface area contributed by atoms with Crippen LogP contribution in [0.4, 0.5) is 14.5 Å². The fraction of sp³-hybridized carbons (Fsp3) is 0.500. The molecule has 6 rings (SSSR count). The third-order valence-corrected chi connectivity index (χ3v) is 8.73. The molecular formula is C30H35F2N3O2. The lowest BCUT2D eigenvalue weighted by molar-refractivity contribution is 0.0697. The first-order chi connectivity index (χ1) is 18.0. The molecule has 0 atom stereocenters. The lowest BCUT2D eigenvalue weighted by Crippen LogP contribution is -2.38.